The van der Waals surface area contributed by atoms with Gasteiger partial charge in [0.1, 0.15) is 0 Å². The summed E-state index contributed by atoms with van der Waals surface area (Å²) in [6, 6.07) is 12.1. The van der Waals surface area contributed by atoms with Gasteiger partial charge in [-0.25, -0.2) is 0 Å². The van der Waals surface area contributed by atoms with Crippen molar-refractivity contribution in [3.63, 3.8) is 0 Å². The summed E-state index contributed by atoms with van der Waals surface area (Å²) in [5.74, 6) is 3.00. The van der Waals surface area contributed by atoms with Gasteiger partial charge in [0.25, 0.3) is 0 Å². The molecule has 1 unspecified atom stereocenters. The molecular weight excluding hydrogens is 372 g/mol. The molecule has 1 saturated heterocycles. The van der Waals surface area contributed by atoms with Gasteiger partial charge in [-0.05, 0) is 41.8 Å². The number of hydrogen-bond acceptors (Lipinski definition) is 6. The molecule has 1 radical (unpaired) electrons. The number of rotatable bonds is 4. The summed E-state index contributed by atoms with van der Waals surface area (Å²) < 4.78 is 21.8. The van der Waals surface area contributed by atoms with Crippen molar-refractivity contribution in [2.24, 2.45) is 0 Å². The second-order valence-electron chi connectivity index (χ2n) is 7.56. The normalized spacial score (nSPS) is 20.2. The molecule has 3 aliphatic rings. The maximum atomic E-state index is 12.1. The van der Waals surface area contributed by atoms with Crippen LogP contribution < -0.4 is 18.9 Å². The molecule has 29 heavy (non-hydrogen) atoms. The molecule has 5 rings (SSSR count). The molecule has 0 spiro atoms. The first-order chi connectivity index (χ1) is 14.2. The summed E-state index contributed by atoms with van der Waals surface area (Å²) >= 11 is 0. The molecule has 3 aliphatic heterocycles. The first-order valence-electron chi connectivity index (χ1n) is 9.78. The lowest BCUT2D eigenvalue weighted by Crippen LogP contribution is -2.55. The van der Waals surface area contributed by atoms with Gasteiger partial charge < -0.3 is 23.8 Å². The lowest BCUT2D eigenvalue weighted by Gasteiger charge is -2.41. The standard InChI is InChI=1S/C22H23N2O5/c1-15(25)24-7-6-23(11-17-3-5-20-22(10-17)29-14-27-20)12-18(24)8-16-2-4-19-21(9-16)28-13-26-19/h2-5,9-10,18H,1,6-8,11-14H2. The lowest BCUT2D eigenvalue weighted by atomic mass is 10.0. The largest absolute Gasteiger partial charge is 0.454 e. The van der Waals surface area contributed by atoms with E-state index in [4.69, 9.17) is 18.9 Å². The second-order valence-corrected chi connectivity index (χ2v) is 7.56. The van der Waals surface area contributed by atoms with E-state index in [1.807, 2.05) is 35.2 Å². The Labute approximate surface area is 169 Å². The topological polar surface area (TPSA) is 60.5 Å². The predicted octanol–water partition coefficient (Wildman–Crippen LogP) is 2.23. The van der Waals surface area contributed by atoms with Crippen LogP contribution in [0.1, 0.15) is 11.1 Å². The number of amides is 1. The Morgan fingerprint density at radius 3 is 2.21 bits per heavy atom. The minimum atomic E-state index is -0.126. The third-order valence-corrected chi connectivity index (χ3v) is 5.64. The first-order valence-corrected chi connectivity index (χ1v) is 9.78. The van der Waals surface area contributed by atoms with Crippen LogP contribution in [0.25, 0.3) is 0 Å². The summed E-state index contributed by atoms with van der Waals surface area (Å²) in [4.78, 5) is 16.3. The van der Waals surface area contributed by atoms with E-state index >= 15 is 0 Å². The van der Waals surface area contributed by atoms with Crippen LogP contribution in [0.15, 0.2) is 36.4 Å². The highest BCUT2D eigenvalue weighted by molar-refractivity contribution is 5.80. The number of carbonyl (C=O) groups excluding carboxylic acids is 1. The molecule has 0 aliphatic carbocycles. The zero-order valence-corrected chi connectivity index (χ0v) is 16.1. The van der Waals surface area contributed by atoms with Crippen molar-refractivity contribution in [2.45, 2.75) is 19.0 Å². The monoisotopic (exact) mass is 395 g/mol. The Morgan fingerprint density at radius 2 is 1.52 bits per heavy atom. The Balaban J connectivity index is 1.30. The van der Waals surface area contributed by atoms with Crippen molar-refractivity contribution < 1.29 is 23.7 Å². The molecule has 1 fully saturated rings. The molecule has 1 amide bonds. The van der Waals surface area contributed by atoms with E-state index in [-0.39, 0.29) is 25.5 Å². The molecule has 0 N–H and O–H groups in total. The molecule has 2 aromatic rings. The quantitative estimate of drug-likeness (QED) is 0.791. The van der Waals surface area contributed by atoms with Crippen molar-refractivity contribution >= 4 is 5.91 Å². The fourth-order valence-corrected chi connectivity index (χ4v) is 4.20. The van der Waals surface area contributed by atoms with Crippen LogP contribution in [0.5, 0.6) is 23.0 Å². The van der Waals surface area contributed by atoms with Crippen LogP contribution in [-0.4, -0.2) is 55.0 Å². The maximum absolute atomic E-state index is 12.1. The number of hydrogen-bond donors (Lipinski definition) is 0. The van der Waals surface area contributed by atoms with Crippen LogP contribution in [-0.2, 0) is 17.8 Å². The summed E-state index contributed by atoms with van der Waals surface area (Å²) in [5.41, 5.74) is 2.29. The molecular formula is C22H23N2O5. The van der Waals surface area contributed by atoms with Gasteiger partial charge in [0.05, 0.1) is 0 Å². The van der Waals surface area contributed by atoms with Gasteiger partial charge in [0.15, 0.2) is 23.0 Å². The molecule has 151 valence electrons. The maximum Gasteiger partial charge on any atom is 0.231 e. The molecule has 2 aromatic carbocycles. The minimum absolute atomic E-state index is 0.0585. The zero-order valence-electron chi connectivity index (χ0n) is 16.1. The first kappa shape index (κ1) is 18.1. The van der Waals surface area contributed by atoms with Gasteiger partial charge in [-0.3, -0.25) is 9.69 Å². The van der Waals surface area contributed by atoms with E-state index in [9.17, 15) is 4.79 Å². The number of ether oxygens (including phenoxy) is 4. The van der Waals surface area contributed by atoms with Gasteiger partial charge in [0.2, 0.25) is 19.5 Å². The highest BCUT2D eigenvalue weighted by Gasteiger charge is 2.29. The summed E-state index contributed by atoms with van der Waals surface area (Å²) in [6.07, 6.45) is 0.746. The number of piperazine rings is 1. The highest BCUT2D eigenvalue weighted by Crippen LogP contribution is 2.34. The Kier molecular flexibility index (Phi) is 4.67. The molecule has 7 nitrogen and oxygen atoms in total. The Hall–Kier alpha value is -2.93. The van der Waals surface area contributed by atoms with E-state index in [1.54, 1.807) is 0 Å². The van der Waals surface area contributed by atoms with E-state index in [2.05, 4.69) is 17.9 Å². The van der Waals surface area contributed by atoms with Crippen LogP contribution >= 0.6 is 0 Å². The van der Waals surface area contributed by atoms with Gasteiger partial charge in [0, 0.05) is 39.1 Å². The van der Waals surface area contributed by atoms with Crippen LogP contribution in [0, 0.1) is 6.92 Å². The van der Waals surface area contributed by atoms with Gasteiger partial charge in [-0.15, -0.1) is 0 Å². The molecule has 3 heterocycles. The molecule has 1 atom stereocenters. The minimum Gasteiger partial charge on any atom is -0.454 e. The van der Waals surface area contributed by atoms with E-state index in [0.29, 0.717) is 6.54 Å². The van der Waals surface area contributed by atoms with Crippen LogP contribution in [0.4, 0.5) is 0 Å². The van der Waals surface area contributed by atoms with E-state index in [0.717, 1.165) is 54.6 Å². The second kappa shape index (κ2) is 7.48. The van der Waals surface area contributed by atoms with Crippen LogP contribution in [0.2, 0.25) is 0 Å². The number of fused-ring (bicyclic) bond motifs is 2. The predicted molar refractivity (Wildman–Crippen MR) is 105 cm³/mol. The van der Waals surface area contributed by atoms with Crippen molar-refractivity contribution in [3.8, 4) is 23.0 Å². The highest BCUT2D eigenvalue weighted by atomic mass is 16.7. The SMILES string of the molecule is [CH2]C(=O)N1CCN(Cc2ccc3c(c2)OCO3)CC1Cc1ccc2c(c1)OCO2. The molecule has 0 bridgehead atoms. The van der Waals surface area contributed by atoms with Crippen molar-refractivity contribution in [1.29, 1.82) is 0 Å². The number of benzene rings is 2. The Bertz CT molecular complexity index is 931. The lowest BCUT2D eigenvalue weighted by molar-refractivity contribution is -0.131. The summed E-state index contributed by atoms with van der Waals surface area (Å²) in [7, 11) is 0. The fourth-order valence-electron chi connectivity index (χ4n) is 4.20. The van der Waals surface area contributed by atoms with Gasteiger partial charge in [-0.1, -0.05) is 12.1 Å². The number of carbonyl (C=O) groups is 1. The average Bonchev–Trinajstić information content (AvgIpc) is 3.36. The molecule has 0 saturated carbocycles. The smallest absolute Gasteiger partial charge is 0.231 e. The summed E-state index contributed by atoms with van der Waals surface area (Å²) in [6.45, 7) is 7.25. The Morgan fingerprint density at radius 1 is 0.897 bits per heavy atom. The van der Waals surface area contributed by atoms with Crippen molar-refractivity contribution in [1.82, 2.24) is 9.80 Å². The summed E-state index contributed by atoms with van der Waals surface area (Å²) in [5, 5.41) is 0. The van der Waals surface area contributed by atoms with Crippen molar-refractivity contribution in [3.05, 3.63) is 54.4 Å². The van der Waals surface area contributed by atoms with Gasteiger partial charge >= 0.3 is 0 Å². The third-order valence-electron chi connectivity index (χ3n) is 5.64. The fraction of sp³-hybridized carbons (Fsp3) is 0.364. The third kappa shape index (κ3) is 3.70. The average molecular weight is 395 g/mol. The van der Waals surface area contributed by atoms with Gasteiger partial charge in [-0.2, -0.15) is 0 Å². The van der Waals surface area contributed by atoms with Crippen molar-refractivity contribution in [2.75, 3.05) is 33.2 Å². The van der Waals surface area contributed by atoms with Crippen LogP contribution in [0.3, 0.4) is 0 Å². The van der Waals surface area contributed by atoms with E-state index in [1.165, 1.54) is 5.56 Å². The molecule has 7 heteroatoms. The zero-order chi connectivity index (χ0) is 19.8. The number of nitrogens with zero attached hydrogens (tertiary/aromatic N) is 2. The molecule has 0 aromatic heterocycles. The van der Waals surface area contributed by atoms with E-state index < -0.39 is 0 Å².